The van der Waals surface area contributed by atoms with Crippen molar-refractivity contribution in [3.63, 3.8) is 0 Å². The van der Waals surface area contributed by atoms with E-state index in [1.165, 1.54) is 0 Å². The van der Waals surface area contributed by atoms with E-state index < -0.39 is 5.97 Å². The van der Waals surface area contributed by atoms with Crippen LogP contribution in [-0.2, 0) is 11.2 Å². The van der Waals surface area contributed by atoms with Crippen LogP contribution in [0.3, 0.4) is 0 Å². The third-order valence-electron chi connectivity index (χ3n) is 2.93. The van der Waals surface area contributed by atoms with Crippen LogP contribution in [0.2, 0.25) is 0 Å². The Morgan fingerprint density at radius 1 is 1.37 bits per heavy atom. The van der Waals surface area contributed by atoms with E-state index in [-0.39, 0.29) is 5.92 Å². The highest BCUT2D eigenvalue weighted by atomic mass is 16.5. The highest BCUT2D eigenvalue weighted by molar-refractivity contribution is 5.69. The summed E-state index contributed by atoms with van der Waals surface area (Å²) in [4.78, 5) is 10.7. The summed E-state index contributed by atoms with van der Waals surface area (Å²) < 4.78 is 10.5. The first-order chi connectivity index (χ1) is 9.08. The minimum absolute atomic E-state index is 0.382. The summed E-state index contributed by atoms with van der Waals surface area (Å²) in [5, 5.41) is 11.9. The number of carboxylic acid groups (broad SMARTS) is 1. The van der Waals surface area contributed by atoms with E-state index in [9.17, 15) is 4.79 Å². The second kappa shape index (κ2) is 7.63. The van der Waals surface area contributed by atoms with Crippen LogP contribution in [0.4, 0.5) is 0 Å². The fourth-order valence-corrected chi connectivity index (χ4v) is 1.71. The Labute approximate surface area is 113 Å². The molecular formula is C14H21NO4. The fourth-order valence-electron chi connectivity index (χ4n) is 1.71. The Bertz CT molecular complexity index is 420. The third kappa shape index (κ3) is 4.79. The van der Waals surface area contributed by atoms with Gasteiger partial charge in [-0.15, -0.1) is 0 Å². The van der Waals surface area contributed by atoms with E-state index in [0.29, 0.717) is 13.1 Å². The highest BCUT2D eigenvalue weighted by Gasteiger charge is 2.10. The molecule has 0 aromatic heterocycles. The van der Waals surface area contributed by atoms with Gasteiger partial charge in [-0.1, -0.05) is 6.92 Å². The predicted octanol–water partition coefficient (Wildman–Crippen LogP) is 1.56. The lowest BCUT2D eigenvalue weighted by molar-refractivity contribution is -0.140. The monoisotopic (exact) mass is 267 g/mol. The predicted molar refractivity (Wildman–Crippen MR) is 72.9 cm³/mol. The van der Waals surface area contributed by atoms with E-state index in [0.717, 1.165) is 23.5 Å². The minimum atomic E-state index is -0.786. The van der Waals surface area contributed by atoms with E-state index in [1.54, 1.807) is 21.1 Å². The molecule has 2 N–H and O–H groups in total. The van der Waals surface area contributed by atoms with Gasteiger partial charge in [-0.2, -0.15) is 0 Å². The molecule has 0 saturated carbocycles. The van der Waals surface area contributed by atoms with Crippen molar-refractivity contribution in [3.8, 4) is 11.5 Å². The fraction of sp³-hybridized carbons (Fsp3) is 0.500. The second-order valence-corrected chi connectivity index (χ2v) is 4.37. The Kier molecular flexibility index (Phi) is 6.15. The van der Waals surface area contributed by atoms with Crippen LogP contribution >= 0.6 is 0 Å². The van der Waals surface area contributed by atoms with E-state index >= 15 is 0 Å². The number of hydrogen-bond acceptors (Lipinski definition) is 4. The topological polar surface area (TPSA) is 67.8 Å². The summed E-state index contributed by atoms with van der Waals surface area (Å²) in [7, 11) is 3.25. The largest absolute Gasteiger partial charge is 0.497 e. The van der Waals surface area contributed by atoms with Gasteiger partial charge in [-0.05, 0) is 36.7 Å². The normalized spacial score (nSPS) is 11.9. The van der Waals surface area contributed by atoms with Gasteiger partial charge in [0.05, 0.1) is 20.1 Å². The van der Waals surface area contributed by atoms with Gasteiger partial charge >= 0.3 is 5.97 Å². The third-order valence-corrected chi connectivity index (χ3v) is 2.93. The molecule has 1 aromatic carbocycles. The second-order valence-electron chi connectivity index (χ2n) is 4.37. The van der Waals surface area contributed by atoms with Gasteiger partial charge in [-0.25, -0.2) is 0 Å². The number of benzene rings is 1. The standard InChI is InChI=1S/C14H21NO4/c1-10(14(16)17)9-15-7-6-11-8-12(18-2)4-5-13(11)19-3/h4-5,8,10,15H,6-7,9H2,1-3H3,(H,16,17). The van der Waals surface area contributed by atoms with E-state index in [2.05, 4.69) is 5.32 Å². The van der Waals surface area contributed by atoms with Gasteiger partial charge in [0.1, 0.15) is 11.5 Å². The molecule has 5 nitrogen and oxygen atoms in total. The number of carbonyl (C=O) groups is 1. The van der Waals surface area contributed by atoms with Gasteiger partial charge in [-0.3, -0.25) is 4.79 Å². The van der Waals surface area contributed by atoms with Gasteiger partial charge < -0.3 is 19.9 Å². The molecule has 1 aromatic rings. The number of aliphatic carboxylic acids is 1. The number of methoxy groups -OCH3 is 2. The van der Waals surface area contributed by atoms with Gasteiger partial charge in [0, 0.05) is 6.54 Å². The maximum atomic E-state index is 10.7. The lowest BCUT2D eigenvalue weighted by atomic mass is 10.1. The van der Waals surface area contributed by atoms with Crippen LogP contribution in [0.25, 0.3) is 0 Å². The first-order valence-electron chi connectivity index (χ1n) is 6.23. The molecule has 1 rings (SSSR count). The molecule has 1 unspecified atom stereocenters. The summed E-state index contributed by atoms with van der Waals surface area (Å²) in [6.45, 7) is 2.84. The molecule has 0 amide bonds. The first kappa shape index (κ1) is 15.3. The van der Waals surface area contributed by atoms with E-state index in [4.69, 9.17) is 14.6 Å². The van der Waals surface area contributed by atoms with Crippen molar-refractivity contribution in [1.29, 1.82) is 0 Å². The van der Waals surface area contributed by atoms with Crippen molar-refractivity contribution in [2.75, 3.05) is 27.3 Å². The van der Waals surface area contributed by atoms with Crippen LogP contribution in [0, 0.1) is 5.92 Å². The van der Waals surface area contributed by atoms with Crippen LogP contribution in [0.15, 0.2) is 18.2 Å². The molecular weight excluding hydrogens is 246 g/mol. The van der Waals surface area contributed by atoms with Gasteiger partial charge in [0.25, 0.3) is 0 Å². The molecule has 0 aliphatic heterocycles. The summed E-state index contributed by atoms with van der Waals surface area (Å²) in [5.74, 6) is 0.433. The molecule has 0 heterocycles. The molecule has 0 radical (unpaired) electrons. The number of ether oxygens (including phenoxy) is 2. The van der Waals surface area contributed by atoms with Crippen molar-refractivity contribution in [2.45, 2.75) is 13.3 Å². The summed E-state index contributed by atoms with van der Waals surface area (Å²) in [5.41, 5.74) is 1.04. The molecule has 0 aliphatic carbocycles. The number of rotatable bonds is 8. The van der Waals surface area contributed by atoms with Crippen LogP contribution in [-0.4, -0.2) is 38.4 Å². The summed E-state index contributed by atoms with van der Waals surface area (Å²) in [6, 6.07) is 5.65. The quantitative estimate of drug-likeness (QED) is 0.700. The average Bonchev–Trinajstić information content (AvgIpc) is 2.42. The Balaban J connectivity index is 2.50. The lowest BCUT2D eigenvalue weighted by Gasteiger charge is -2.12. The molecule has 1 atom stereocenters. The van der Waals surface area contributed by atoms with Crippen molar-refractivity contribution in [3.05, 3.63) is 23.8 Å². The SMILES string of the molecule is COc1ccc(OC)c(CCNCC(C)C(=O)O)c1. The zero-order valence-electron chi connectivity index (χ0n) is 11.6. The molecule has 5 heteroatoms. The number of nitrogens with one attached hydrogen (secondary N) is 1. The van der Waals surface area contributed by atoms with Crippen molar-refractivity contribution >= 4 is 5.97 Å². The number of hydrogen-bond donors (Lipinski definition) is 2. The Hall–Kier alpha value is -1.75. The van der Waals surface area contributed by atoms with Gasteiger partial charge in [0.2, 0.25) is 0 Å². The lowest BCUT2D eigenvalue weighted by Crippen LogP contribution is -2.27. The highest BCUT2D eigenvalue weighted by Crippen LogP contribution is 2.24. The molecule has 19 heavy (non-hydrogen) atoms. The number of carboxylic acids is 1. The summed E-state index contributed by atoms with van der Waals surface area (Å²) >= 11 is 0. The smallest absolute Gasteiger partial charge is 0.307 e. The zero-order chi connectivity index (χ0) is 14.3. The van der Waals surface area contributed by atoms with Crippen molar-refractivity contribution < 1.29 is 19.4 Å². The summed E-state index contributed by atoms with van der Waals surface area (Å²) in [6.07, 6.45) is 0.757. The zero-order valence-corrected chi connectivity index (χ0v) is 11.6. The molecule has 0 saturated heterocycles. The van der Waals surface area contributed by atoms with Crippen molar-refractivity contribution in [1.82, 2.24) is 5.32 Å². The molecule has 0 fully saturated rings. The van der Waals surface area contributed by atoms with E-state index in [1.807, 2.05) is 18.2 Å². The Morgan fingerprint density at radius 2 is 2.11 bits per heavy atom. The molecule has 0 bridgehead atoms. The maximum absolute atomic E-state index is 10.7. The molecule has 0 spiro atoms. The Morgan fingerprint density at radius 3 is 2.68 bits per heavy atom. The van der Waals surface area contributed by atoms with Crippen LogP contribution in [0.1, 0.15) is 12.5 Å². The van der Waals surface area contributed by atoms with Crippen LogP contribution in [0.5, 0.6) is 11.5 Å². The minimum Gasteiger partial charge on any atom is -0.497 e. The molecule has 106 valence electrons. The first-order valence-corrected chi connectivity index (χ1v) is 6.23. The maximum Gasteiger partial charge on any atom is 0.307 e. The van der Waals surface area contributed by atoms with Crippen molar-refractivity contribution in [2.24, 2.45) is 5.92 Å². The molecule has 0 aliphatic rings. The van der Waals surface area contributed by atoms with Crippen LogP contribution < -0.4 is 14.8 Å². The average molecular weight is 267 g/mol. The van der Waals surface area contributed by atoms with Gasteiger partial charge in [0.15, 0.2) is 0 Å².